The minimum absolute atomic E-state index is 0.0196. The second-order valence-electron chi connectivity index (χ2n) is 4.29. The summed E-state index contributed by atoms with van der Waals surface area (Å²) < 4.78 is 61.4. The predicted molar refractivity (Wildman–Crippen MR) is 65.1 cm³/mol. The molecule has 0 unspecified atom stereocenters. The number of rotatable bonds is 4. The zero-order chi connectivity index (χ0) is 16.2. The van der Waals surface area contributed by atoms with Gasteiger partial charge in [-0.05, 0) is 12.1 Å². The summed E-state index contributed by atoms with van der Waals surface area (Å²) in [4.78, 5) is 12.2. The lowest BCUT2D eigenvalue weighted by Crippen LogP contribution is -2.43. The average molecular weight is 312 g/mol. The first-order chi connectivity index (χ1) is 9.61. The largest absolute Gasteiger partial charge is 0.416 e. The summed E-state index contributed by atoms with van der Waals surface area (Å²) in [5.41, 5.74) is -0.308. The zero-order valence-corrected chi connectivity index (χ0v) is 10.9. The lowest BCUT2D eigenvalue weighted by molar-refractivity contribution is -0.205. The number of aliphatic hydroxyl groups is 1. The highest BCUT2D eigenvalue weighted by atomic mass is 19.4. The highest BCUT2D eigenvalue weighted by Crippen LogP contribution is 2.22. The molecule has 1 aromatic rings. The van der Waals surface area contributed by atoms with Gasteiger partial charge in [0.05, 0.1) is 6.54 Å². The molecule has 0 aliphatic heterocycles. The van der Waals surface area contributed by atoms with Crippen LogP contribution in [0.25, 0.3) is 0 Å². The molecule has 0 aliphatic carbocycles. The molecule has 0 fully saturated rings. The lowest BCUT2D eigenvalue weighted by Gasteiger charge is -2.22. The van der Waals surface area contributed by atoms with E-state index in [-0.39, 0.29) is 11.3 Å². The number of nitrogens with zero attached hydrogens (tertiary/aromatic N) is 1. The van der Waals surface area contributed by atoms with Gasteiger partial charge in [-0.2, -0.15) is 13.2 Å². The van der Waals surface area contributed by atoms with Gasteiger partial charge in [-0.25, -0.2) is 13.6 Å². The number of aliphatic hydroxyl groups excluding tert-OH is 1. The van der Waals surface area contributed by atoms with E-state index in [0.717, 1.165) is 19.2 Å². The molecule has 0 bridgehead atoms. The summed E-state index contributed by atoms with van der Waals surface area (Å²) in [6.45, 7) is -0.968. The van der Waals surface area contributed by atoms with Gasteiger partial charge in [0.2, 0.25) is 0 Å². The number of alkyl halides is 5. The number of hydrogen-bond donors (Lipinski definition) is 2. The maximum absolute atomic E-state index is 12.5. The van der Waals surface area contributed by atoms with Crippen molar-refractivity contribution >= 4 is 11.7 Å². The number of likely N-dealkylation sites (N-methyl/N-ethyl adjacent to an activating group) is 1. The van der Waals surface area contributed by atoms with E-state index >= 15 is 0 Å². The maximum atomic E-state index is 12.5. The number of anilines is 1. The Bertz CT molecular complexity index is 493. The van der Waals surface area contributed by atoms with Crippen molar-refractivity contribution in [2.24, 2.45) is 0 Å². The van der Waals surface area contributed by atoms with Crippen molar-refractivity contribution in [3.8, 4) is 0 Å². The van der Waals surface area contributed by atoms with Gasteiger partial charge in [0.25, 0.3) is 6.43 Å². The smallest absolute Gasteiger partial charge is 0.382 e. The molecule has 0 aliphatic rings. The molecule has 1 atom stereocenters. The van der Waals surface area contributed by atoms with Crippen molar-refractivity contribution in [2.75, 3.05) is 18.9 Å². The summed E-state index contributed by atoms with van der Waals surface area (Å²) in [6, 6.07) is 3.80. The summed E-state index contributed by atoms with van der Waals surface area (Å²) in [5.74, 6) is 0. The van der Waals surface area contributed by atoms with E-state index in [1.165, 1.54) is 12.1 Å². The predicted octanol–water partition coefficient (Wildman–Crippen LogP) is 3.01. The van der Waals surface area contributed by atoms with Crippen LogP contribution in [0.15, 0.2) is 24.3 Å². The Labute approximate surface area is 117 Å². The summed E-state index contributed by atoms with van der Waals surface area (Å²) >= 11 is 0. The van der Waals surface area contributed by atoms with Crippen LogP contribution in [-0.2, 0) is 0 Å². The standard InChI is InChI=1S/C12H13F5N2O2/c1-19(6-9(20)12(15,16)17)11(21)18-8-4-2-3-7(5-8)10(13)14/h2-5,9-10,20H,6H2,1H3,(H,18,21)/t9-/m1/s1. The van der Waals surface area contributed by atoms with E-state index in [9.17, 15) is 26.7 Å². The fraction of sp³-hybridized carbons (Fsp3) is 0.417. The summed E-state index contributed by atoms with van der Waals surface area (Å²) in [7, 11) is 1.04. The summed E-state index contributed by atoms with van der Waals surface area (Å²) in [5, 5.41) is 11.0. The Morgan fingerprint density at radius 2 is 2.00 bits per heavy atom. The molecule has 2 amide bonds. The second kappa shape index (κ2) is 6.70. The second-order valence-corrected chi connectivity index (χ2v) is 4.29. The molecule has 0 spiro atoms. The SMILES string of the molecule is CN(C[C@@H](O)C(F)(F)F)C(=O)Nc1cccc(C(F)F)c1. The zero-order valence-electron chi connectivity index (χ0n) is 10.9. The van der Waals surface area contributed by atoms with Crippen LogP contribution in [0.4, 0.5) is 32.4 Å². The fourth-order valence-corrected chi connectivity index (χ4v) is 1.42. The van der Waals surface area contributed by atoms with Gasteiger partial charge in [-0.1, -0.05) is 12.1 Å². The Morgan fingerprint density at radius 3 is 2.52 bits per heavy atom. The molecule has 0 saturated heterocycles. The van der Waals surface area contributed by atoms with Gasteiger partial charge in [-0.15, -0.1) is 0 Å². The molecule has 1 rings (SSSR count). The molecule has 21 heavy (non-hydrogen) atoms. The van der Waals surface area contributed by atoms with Crippen molar-refractivity contribution in [1.82, 2.24) is 4.90 Å². The van der Waals surface area contributed by atoms with E-state index in [1.54, 1.807) is 0 Å². The first-order valence-electron chi connectivity index (χ1n) is 5.76. The minimum Gasteiger partial charge on any atom is -0.382 e. The van der Waals surface area contributed by atoms with E-state index in [4.69, 9.17) is 5.11 Å². The van der Waals surface area contributed by atoms with Crippen LogP contribution in [0.2, 0.25) is 0 Å². The van der Waals surface area contributed by atoms with Crippen LogP contribution in [0.5, 0.6) is 0 Å². The third kappa shape index (κ3) is 5.18. The number of halogens is 5. The highest BCUT2D eigenvalue weighted by molar-refractivity contribution is 5.89. The summed E-state index contributed by atoms with van der Waals surface area (Å²) in [6.07, 6.45) is -10.3. The van der Waals surface area contributed by atoms with E-state index < -0.39 is 31.3 Å². The van der Waals surface area contributed by atoms with Crippen LogP contribution >= 0.6 is 0 Å². The van der Waals surface area contributed by atoms with Gasteiger partial charge in [-0.3, -0.25) is 0 Å². The lowest BCUT2D eigenvalue weighted by atomic mass is 10.2. The van der Waals surface area contributed by atoms with Crippen LogP contribution in [0.3, 0.4) is 0 Å². The Morgan fingerprint density at radius 1 is 1.38 bits per heavy atom. The van der Waals surface area contributed by atoms with Gasteiger partial charge >= 0.3 is 12.2 Å². The highest BCUT2D eigenvalue weighted by Gasteiger charge is 2.39. The van der Waals surface area contributed by atoms with E-state index in [0.29, 0.717) is 4.90 Å². The third-order valence-electron chi connectivity index (χ3n) is 2.56. The molecule has 1 aromatic carbocycles. The normalized spacial score (nSPS) is 13.1. The van der Waals surface area contributed by atoms with Gasteiger partial charge in [0, 0.05) is 18.3 Å². The van der Waals surface area contributed by atoms with E-state index in [1.807, 2.05) is 0 Å². The molecule has 118 valence electrons. The van der Waals surface area contributed by atoms with Crippen molar-refractivity contribution < 1.29 is 31.9 Å². The molecular weight excluding hydrogens is 299 g/mol. The number of nitrogens with one attached hydrogen (secondary N) is 1. The Kier molecular flexibility index (Phi) is 5.47. The van der Waals surface area contributed by atoms with Gasteiger partial charge in [0.15, 0.2) is 6.10 Å². The van der Waals surface area contributed by atoms with Crippen molar-refractivity contribution in [1.29, 1.82) is 0 Å². The number of hydrogen-bond acceptors (Lipinski definition) is 2. The molecule has 0 aromatic heterocycles. The minimum atomic E-state index is -4.84. The third-order valence-corrected chi connectivity index (χ3v) is 2.56. The van der Waals surface area contributed by atoms with Crippen LogP contribution in [0, 0.1) is 0 Å². The van der Waals surface area contributed by atoms with Crippen molar-refractivity contribution in [2.45, 2.75) is 18.7 Å². The molecule has 2 N–H and O–H groups in total. The molecule has 9 heteroatoms. The maximum Gasteiger partial charge on any atom is 0.416 e. The Balaban J connectivity index is 2.66. The average Bonchev–Trinajstić information content (AvgIpc) is 2.37. The van der Waals surface area contributed by atoms with Gasteiger partial charge < -0.3 is 15.3 Å². The van der Waals surface area contributed by atoms with Gasteiger partial charge in [0.1, 0.15) is 0 Å². The van der Waals surface area contributed by atoms with Crippen LogP contribution in [0.1, 0.15) is 12.0 Å². The number of carbonyl (C=O) groups excluding carboxylic acids is 1. The number of benzene rings is 1. The number of amides is 2. The molecule has 0 radical (unpaired) electrons. The molecule has 4 nitrogen and oxygen atoms in total. The molecule has 0 heterocycles. The molecular formula is C12H13F5N2O2. The first kappa shape index (κ1) is 17.2. The van der Waals surface area contributed by atoms with Crippen LogP contribution in [-0.4, -0.2) is 41.9 Å². The van der Waals surface area contributed by atoms with Crippen molar-refractivity contribution in [3.05, 3.63) is 29.8 Å². The van der Waals surface area contributed by atoms with E-state index in [2.05, 4.69) is 5.32 Å². The fourth-order valence-electron chi connectivity index (χ4n) is 1.42. The quantitative estimate of drug-likeness (QED) is 0.840. The van der Waals surface area contributed by atoms with Crippen molar-refractivity contribution in [3.63, 3.8) is 0 Å². The number of carbonyl (C=O) groups is 1. The first-order valence-corrected chi connectivity index (χ1v) is 5.76. The molecule has 0 saturated carbocycles. The Hall–Kier alpha value is -1.90. The number of urea groups is 1. The monoisotopic (exact) mass is 312 g/mol. The van der Waals surface area contributed by atoms with Crippen LogP contribution < -0.4 is 5.32 Å². The topological polar surface area (TPSA) is 52.6 Å².